The fourth-order valence-electron chi connectivity index (χ4n) is 1.89. The molecule has 17 heavy (non-hydrogen) atoms. The Hall–Kier alpha value is -1.35. The van der Waals surface area contributed by atoms with Crippen molar-refractivity contribution in [3.8, 4) is 0 Å². The predicted molar refractivity (Wildman–Crippen MR) is 71.3 cm³/mol. The Kier molecular flexibility index (Phi) is 5.70. The maximum absolute atomic E-state index is 12.3. The Morgan fingerprint density at radius 3 is 2.47 bits per heavy atom. The number of likely N-dealkylation sites (N-methyl/N-ethyl adjacent to an activating group) is 1. The molecule has 0 saturated heterocycles. The average molecular weight is 234 g/mol. The lowest BCUT2D eigenvalue weighted by Crippen LogP contribution is -2.31. The Labute approximate surface area is 104 Å². The molecule has 1 N–H and O–H groups in total. The first kappa shape index (κ1) is 13.7. The van der Waals surface area contributed by atoms with Crippen LogP contribution in [0.2, 0.25) is 0 Å². The van der Waals surface area contributed by atoms with Gasteiger partial charge in [-0.1, -0.05) is 18.2 Å². The van der Waals surface area contributed by atoms with Crippen LogP contribution in [0.5, 0.6) is 0 Å². The van der Waals surface area contributed by atoms with Crippen molar-refractivity contribution in [3.63, 3.8) is 0 Å². The number of amides is 1. The Balaban J connectivity index is 2.91. The van der Waals surface area contributed by atoms with Crippen LogP contribution in [0.1, 0.15) is 29.8 Å². The molecule has 1 rings (SSSR count). The van der Waals surface area contributed by atoms with Crippen molar-refractivity contribution in [3.05, 3.63) is 35.4 Å². The molecule has 3 nitrogen and oxygen atoms in total. The maximum atomic E-state index is 12.3. The normalized spacial score (nSPS) is 10.3. The Bertz CT molecular complexity index is 359. The van der Waals surface area contributed by atoms with Gasteiger partial charge in [0.2, 0.25) is 0 Å². The van der Waals surface area contributed by atoms with Gasteiger partial charge in [0.15, 0.2) is 0 Å². The second kappa shape index (κ2) is 7.07. The van der Waals surface area contributed by atoms with Gasteiger partial charge in [-0.25, -0.2) is 0 Å². The molecule has 1 aromatic rings. The van der Waals surface area contributed by atoms with Crippen molar-refractivity contribution in [2.24, 2.45) is 0 Å². The summed E-state index contributed by atoms with van der Waals surface area (Å²) in [5, 5.41) is 3.11. The molecule has 0 heterocycles. The summed E-state index contributed by atoms with van der Waals surface area (Å²) in [6.45, 7) is 6.43. The highest BCUT2D eigenvalue weighted by atomic mass is 16.2. The minimum atomic E-state index is 0.140. The summed E-state index contributed by atoms with van der Waals surface area (Å²) in [6.07, 6.45) is 0.889. The van der Waals surface area contributed by atoms with Crippen molar-refractivity contribution >= 4 is 5.91 Å². The van der Waals surface area contributed by atoms with Crippen LogP contribution in [0.3, 0.4) is 0 Å². The van der Waals surface area contributed by atoms with Crippen LogP contribution in [0.25, 0.3) is 0 Å². The fraction of sp³-hybridized carbons (Fsp3) is 0.500. The Morgan fingerprint density at radius 1 is 1.24 bits per heavy atom. The van der Waals surface area contributed by atoms with E-state index in [-0.39, 0.29) is 5.91 Å². The molecule has 0 spiro atoms. The van der Waals surface area contributed by atoms with Gasteiger partial charge in [-0.15, -0.1) is 0 Å². The summed E-state index contributed by atoms with van der Waals surface area (Å²) in [4.78, 5) is 14.2. The van der Waals surface area contributed by atoms with Gasteiger partial charge in [-0.2, -0.15) is 0 Å². The largest absolute Gasteiger partial charge is 0.339 e. The summed E-state index contributed by atoms with van der Waals surface area (Å²) in [6, 6.07) is 7.88. The van der Waals surface area contributed by atoms with Crippen molar-refractivity contribution in [1.29, 1.82) is 0 Å². The van der Waals surface area contributed by atoms with Gasteiger partial charge >= 0.3 is 0 Å². The first-order valence-electron chi connectivity index (χ1n) is 6.26. The van der Waals surface area contributed by atoms with Crippen LogP contribution in [-0.4, -0.2) is 37.5 Å². The van der Waals surface area contributed by atoms with Crippen LogP contribution in [0.15, 0.2) is 24.3 Å². The molecule has 94 valence electrons. The number of benzene rings is 1. The van der Waals surface area contributed by atoms with E-state index in [0.29, 0.717) is 0 Å². The van der Waals surface area contributed by atoms with E-state index >= 15 is 0 Å². The lowest BCUT2D eigenvalue weighted by molar-refractivity contribution is 0.0772. The van der Waals surface area contributed by atoms with Crippen LogP contribution in [0.4, 0.5) is 0 Å². The number of nitrogens with zero attached hydrogens (tertiary/aromatic N) is 1. The van der Waals surface area contributed by atoms with E-state index in [9.17, 15) is 4.79 Å². The van der Waals surface area contributed by atoms with Crippen LogP contribution < -0.4 is 5.32 Å². The smallest absolute Gasteiger partial charge is 0.254 e. The molecule has 0 bridgehead atoms. The highest BCUT2D eigenvalue weighted by molar-refractivity contribution is 5.95. The van der Waals surface area contributed by atoms with E-state index in [1.54, 1.807) is 0 Å². The average Bonchev–Trinajstić information content (AvgIpc) is 2.38. The summed E-state index contributed by atoms with van der Waals surface area (Å²) in [5.74, 6) is 0.140. The SMILES string of the molecule is CCN(CC)C(=O)c1ccccc1CCNC. The highest BCUT2D eigenvalue weighted by Crippen LogP contribution is 2.12. The van der Waals surface area contributed by atoms with Crippen molar-refractivity contribution in [2.75, 3.05) is 26.7 Å². The molecule has 3 heteroatoms. The molecule has 0 aliphatic heterocycles. The third-order valence-corrected chi connectivity index (χ3v) is 2.94. The topological polar surface area (TPSA) is 32.3 Å². The molecule has 1 amide bonds. The summed E-state index contributed by atoms with van der Waals surface area (Å²) in [7, 11) is 1.93. The van der Waals surface area contributed by atoms with Gasteiger partial charge in [-0.05, 0) is 45.5 Å². The lowest BCUT2D eigenvalue weighted by atomic mass is 10.0. The van der Waals surface area contributed by atoms with Gasteiger partial charge < -0.3 is 10.2 Å². The zero-order valence-corrected chi connectivity index (χ0v) is 11.0. The molecule has 0 aliphatic rings. The fourth-order valence-corrected chi connectivity index (χ4v) is 1.89. The second-order valence-electron chi connectivity index (χ2n) is 3.99. The predicted octanol–water partition coefficient (Wildman–Crippen LogP) is 1.93. The minimum absolute atomic E-state index is 0.140. The monoisotopic (exact) mass is 234 g/mol. The van der Waals surface area contributed by atoms with Crippen molar-refractivity contribution < 1.29 is 4.79 Å². The zero-order chi connectivity index (χ0) is 12.7. The van der Waals surface area contributed by atoms with E-state index in [1.807, 2.05) is 50.1 Å². The van der Waals surface area contributed by atoms with Crippen molar-refractivity contribution in [1.82, 2.24) is 10.2 Å². The number of hydrogen-bond acceptors (Lipinski definition) is 2. The molecule has 0 fully saturated rings. The summed E-state index contributed by atoms with van der Waals surface area (Å²) in [5.41, 5.74) is 1.96. The van der Waals surface area contributed by atoms with Gasteiger partial charge in [0, 0.05) is 18.7 Å². The molecule has 0 aliphatic carbocycles. The molecule has 0 unspecified atom stereocenters. The van der Waals surface area contributed by atoms with E-state index in [0.717, 1.165) is 37.2 Å². The summed E-state index contributed by atoms with van der Waals surface area (Å²) < 4.78 is 0. The third-order valence-electron chi connectivity index (χ3n) is 2.94. The molecular weight excluding hydrogens is 212 g/mol. The number of nitrogens with one attached hydrogen (secondary N) is 1. The number of rotatable bonds is 6. The molecule has 0 aromatic heterocycles. The standard InChI is InChI=1S/C14H22N2O/c1-4-16(5-2)14(17)13-9-7-6-8-12(13)10-11-15-3/h6-9,15H,4-5,10-11H2,1-3H3. The molecule has 0 saturated carbocycles. The number of hydrogen-bond donors (Lipinski definition) is 1. The highest BCUT2D eigenvalue weighted by Gasteiger charge is 2.15. The van der Waals surface area contributed by atoms with Gasteiger partial charge in [0.05, 0.1) is 0 Å². The van der Waals surface area contributed by atoms with Crippen LogP contribution >= 0.6 is 0 Å². The third kappa shape index (κ3) is 3.56. The van der Waals surface area contributed by atoms with Gasteiger partial charge in [-0.3, -0.25) is 4.79 Å². The van der Waals surface area contributed by atoms with Gasteiger partial charge in [0.1, 0.15) is 0 Å². The lowest BCUT2D eigenvalue weighted by Gasteiger charge is -2.20. The van der Waals surface area contributed by atoms with Crippen LogP contribution in [0, 0.1) is 0 Å². The first-order chi connectivity index (χ1) is 8.24. The molecule has 1 aromatic carbocycles. The maximum Gasteiger partial charge on any atom is 0.254 e. The number of carbonyl (C=O) groups is 1. The van der Waals surface area contributed by atoms with Gasteiger partial charge in [0.25, 0.3) is 5.91 Å². The number of carbonyl (C=O) groups excluding carboxylic acids is 1. The summed E-state index contributed by atoms with van der Waals surface area (Å²) >= 11 is 0. The first-order valence-corrected chi connectivity index (χ1v) is 6.26. The molecule has 0 atom stereocenters. The van der Waals surface area contributed by atoms with Crippen LogP contribution in [-0.2, 0) is 6.42 Å². The van der Waals surface area contributed by atoms with E-state index in [4.69, 9.17) is 0 Å². The Morgan fingerprint density at radius 2 is 1.88 bits per heavy atom. The molecule has 0 radical (unpaired) electrons. The van der Waals surface area contributed by atoms with E-state index in [1.165, 1.54) is 0 Å². The second-order valence-corrected chi connectivity index (χ2v) is 3.99. The molecular formula is C14H22N2O. The van der Waals surface area contributed by atoms with E-state index < -0.39 is 0 Å². The minimum Gasteiger partial charge on any atom is -0.339 e. The zero-order valence-electron chi connectivity index (χ0n) is 11.0. The quantitative estimate of drug-likeness (QED) is 0.815. The van der Waals surface area contributed by atoms with Crippen molar-refractivity contribution in [2.45, 2.75) is 20.3 Å². The van der Waals surface area contributed by atoms with E-state index in [2.05, 4.69) is 5.32 Å².